The first-order chi connectivity index (χ1) is 6.54. The summed E-state index contributed by atoms with van der Waals surface area (Å²) in [4.78, 5) is 0. The van der Waals surface area contributed by atoms with Gasteiger partial charge in [-0.25, -0.2) is 4.72 Å². The van der Waals surface area contributed by atoms with Crippen molar-refractivity contribution >= 4 is 10.2 Å². The van der Waals surface area contributed by atoms with E-state index in [4.69, 9.17) is 0 Å². The van der Waals surface area contributed by atoms with Crippen molar-refractivity contribution in [2.45, 2.75) is 19.8 Å². The summed E-state index contributed by atoms with van der Waals surface area (Å²) < 4.78 is 26.8. The monoisotopic (exact) mass is 223 g/mol. The first-order valence-corrected chi connectivity index (χ1v) is 6.34. The van der Waals surface area contributed by atoms with Gasteiger partial charge in [0.2, 0.25) is 0 Å². The zero-order valence-corrected chi connectivity index (χ0v) is 10.0. The smallest absolute Gasteiger partial charge is 0.279 e. The van der Waals surface area contributed by atoms with Crippen molar-refractivity contribution in [1.82, 2.24) is 14.3 Å². The molecule has 0 aromatic rings. The minimum atomic E-state index is -3.25. The van der Waals surface area contributed by atoms with Crippen molar-refractivity contribution in [2.24, 2.45) is 0 Å². The van der Waals surface area contributed by atoms with Crippen molar-refractivity contribution in [3.05, 3.63) is 0 Å². The molecule has 86 valence electrons. The van der Waals surface area contributed by atoms with Crippen molar-refractivity contribution in [2.75, 3.05) is 33.7 Å². The van der Waals surface area contributed by atoms with Crippen LogP contribution in [0.2, 0.25) is 0 Å². The summed E-state index contributed by atoms with van der Waals surface area (Å²) in [5.41, 5.74) is 0. The Labute approximate surface area is 87.0 Å². The number of nitrogens with zero attached hydrogens (tertiary/aromatic N) is 1. The van der Waals surface area contributed by atoms with Gasteiger partial charge in [0.1, 0.15) is 0 Å². The predicted octanol–water partition coefficient (Wildman–Crippen LogP) is -0.228. The summed E-state index contributed by atoms with van der Waals surface area (Å²) in [5, 5.41) is 2.98. The number of rotatable bonds is 8. The summed E-state index contributed by atoms with van der Waals surface area (Å²) in [5.74, 6) is 0. The van der Waals surface area contributed by atoms with Gasteiger partial charge in [0, 0.05) is 20.1 Å². The molecule has 0 spiro atoms. The van der Waals surface area contributed by atoms with Crippen LogP contribution in [0.25, 0.3) is 0 Å². The normalized spacial score (nSPS) is 12.3. The lowest BCUT2D eigenvalue weighted by molar-refractivity contribution is 0.448. The van der Waals surface area contributed by atoms with Gasteiger partial charge in [-0.2, -0.15) is 12.7 Å². The van der Waals surface area contributed by atoms with Crippen LogP contribution in [-0.4, -0.2) is 46.5 Å². The molecule has 5 nitrogen and oxygen atoms in total. The summed E-state index contributed by atoms with van der Waals surface area (Å²) in [6.45, 7) is 3.80. The lowest BCUT2D eigenvalue weighted by atomic mass is 10.4. The van der Waals surface area contributed by atoms with Crippen molar-refractivity contribution < 1.29 is 8.42 Å². The molecule has 0 aromatic heterocycles. The molecule has 0 saturated heterocycles. The third kappa shape index (κ3) is 5.54. The van der Waals surface area contributed by atoms with Crippen LogP contribution in [0.15, 0.2) is 0 Å². The molecule has 14 heavy (non-hydrogen) atoms. The van der Waals surface area contributed by atoms with Crippen LogP contribution in [0, 0.1) is 0 Å². The predicted molar refractivity (Wildman–Crippen MR) is 58.4 cm³/mol. The van der Waals surface area contributed by atoms with Gasteiger partial charge in [-0.05, 0) is 26.4 Å². The average molecular weight is 223 g/mol. The zero-order valence-electron chi connectivity index (χ0n) is 9.21. The first kappa shape index (κ1) is 13.8. The molecule has 0 aliphatic carbocycles. The van der Waals surface area contributed by atoms with Crippen LogP contribution >= 0.6 is 0 Å². The Balaban J connectivity index is 3.89. The Morgan fingerprint density at radius 1 is 1.29 bits per heavy atom. The zero-order chi connectivity index (χ0) is 11.0. The van der Waals surface area contributed by atoms with E-state index in [1.807, 2.05) is 14.0 Å². The van der Waals surface area contributed by atoms with E-state index in [0.29, 0.717) is 13.1 Å². The molecule has 0 rings (SSSR count). The molecular weight excluding hydrogens is 202 g/mol. The van der Waals surface area contributed by atoms with Crippen LogP contribution in [0.3, 0.4) is 0 Å². The van der Waals surface area contributed by atoms with E-state index in [9.17, 15) is 8.42 Å². The molecule has 0 heterocycles. The maximum absolute atomic E-state index is 11.5. The molecule has 0 unspecified atom stereocenters. The lowest BCUT2D eigenvalue weighted by Gasteiger charge is -2.17. The number of hydrogen-bond acceptors (Lipinski definition) is 3. The van der Waals surface area contributed by atoms with Gasteiger partial charge in [0.05, 0.1) is 0 Å². The van der Waals surface area contributed by atoms with E-state index < -0.39 is 10.2 Å². The molecule has 0 saturated carbocycles. The topological polar surface area (TPSA) is 61.4 Å². The minimum Gasteiger partial charge on any atom is -0.320 e. The van der Waals surface area contributed by atoms with Crippen molar-refractivity contribution in [3.63, 3.8) is 0 Å². The highest BCUT2D eigenvalue weighted by molar-refractivity contribution is 7.87. The number of hydrogen-bond donors (Lipinski definition) is 2. The Morgan fingerprint density at radius 2 is 1.93 bits per heavy atom. The largest absolute Gasteiger partial charge is 0.320 e. The Bertz CT molecular complexity index is 229. The highest BCUT2D eigenvalue weighted by atomic mass is 32.2. The maximum Gasteiger partial charge on any atom is 0.279 e. The SMILES string of the molecule is CCCNS(=O)(=O)N(C)CCCNC. The third-order valence-corrected chi connectivity index (χ3v) is 3.42. The molecule has 0 bridgehead atoms. The van der Waals surface area contributed by atoms with E-state index in [-0.39, 0.29) is 0 Å². The summed E-state index contributed by atoms with van der Waals surface area (Å²) in [6.07, 6.45) is 1.63. The first-order valence-electron chi connectivity index (χ1n) is 4.90. The van der Waals surface area contributed by atoms with Crippen LogP contribution in [0.4, 0.5) is 0 Å². The van der Waals surface area contributed by atoms with Crippen molar-refractivity contribution in [3.8, 4) is 0 Å². The summed E-state index contributed by atoms with van der Waals surface area (Å²) >= 11 is 0. The standard InChI is InChI=1S/C8H21N3O2S/c1-4-6-10-14(12,13)11(3)8-5-7-9-2/h9-10H,4-8H2,1-3H3. The van der Waals surface area contributed by atoms with Crippen LogP contribution in [0.1, 0.15) is 19.8 Å². The van der Waals surface area contributed by atoms with Crippen molar-refractivity contribution in [1.29, 1.82) is 0 Å². The Morgan fingerprint density at radius 3 is 2.43 bits per heavy atom. The highest BCUT2D eigenvalue weighted by Gasteiger charge is 2.15. The quantitative estimate of drug-likeness (QED) is 0.559. The van der Waals surface area contributed by atoms with E-state index in [1.54, 1.807) is 7.05 Å². The van der Waals surface area contributed by atoms with Gasteiger partial charge in [0.15, 0.2) is 0 Å². The molecule has 0 aliphatic rings. The van der Waals surface area contributed by atoms with E-state index in [2.05, 4.69) is 10.0 Å². The second-order valence-electron chi connectivity index (χ2n) is 3.18. The second kappa shape index (κ2) is 7.17. The average Bonchev–Trinajstić information content (AvgIpc) is 2.15. The van der Waals surface area contributed by atoms with Crippen LogP contribution < -0.4 is 10.0 Å². The Hall–Kier alpha value is -0.170. The highest BCUT2D eigenvalue weighted by Crippen LogP contribution is 1.95. The minimum absolute atomic E-state index is 0.499. The van der Waals surface area contributed by atoms with Gasteiger partial charge >= 0.3 is 0 Å². The van der Waals surface area contributed by atoms with Crippen LogP contribution in [0.5, 0.6) is 0 Å². The van der Waals surface area contributed by atoms with Gasteiger partial charge in [-0.3, -0.25) is 0 Å². The van der Waals surface area contributed by atoms with Gasteiger partial charge in [-0.15, -0.1) is 0 Å². The van der Waals surface area contributed by atoms with Gasteiger partial charge < -0.3 is 5.32 Å². The van der Waals surface area contributed by atoms with E-state index >= 15 is 0 Å². The molecule has 6 heteroatoms. The Kier molecular flexibility index (Phi) is 7.08. The van der Waals surface area contributed by atoms with E-state index in [1.165, 1.54) is 4.31 Å². The summed E-state index contributed by atoms with van der Waals surface area (Å²) in [6, 6.07) is 0. The lowest BCUT2D eigenvalue weighted by Crippen LogP contribution is -2.39. The maximum atomic E-state index is 11.5. The molecule has 2 N–H and O–H groups in total. The summed E-state index contributed by atoms with van der Waals surface area (Å²) in [7, 11) is 0.195. The second-order valence-corrected chi connectivity index (χ2v) is 5.04. The fourth-order valence-electron chi connectivity index (χ4n) is 0.940. The molecule has 0 amide bonds. The van der Waals surface area contributed by atoms with Gasteiger partial charge in [-0.1, -0.05) is 6.92 Å². The van der Waals surface area contributed by atoms with E-state index in [0.717, 1.165) is 19.4 Å². The molecule has 0 radical (unpaired) electrons. The fraction of sp³-hybridized carbons (Fsp3) is 1.00. The third-order valence-electron chi connectivity index (χ3n) is 1.84. The van der Waals surface area contributed by atoms with Gasteiger partial charge in [0.25, 0.3) is 10.2 Å². The molecule has 0 aromatic carbocycles. The molecule has 0 atom stereocenters. The molecular formula is C8H21N3O2S. The number of nitrogens with one attached hydrogen (secondary N) is 2. The fourth-order valence-corrected chi connectivity index (χ4v) is 1.99. The molecule has 0 aliphatic heterocycles. The van der Waals surface area contributed by atoms with Crippen LogP contribution in [-0.2, 0) is 10.2 Å². The molecule has 0 fully saturated rings.